The Kier molecular flexibility index (Phi) is 7.69. The summed E-state index contributed by atoms with van der Waals surface area (Å²) in [6, 6.07) is 8.01. The molecule has 1 aromatic carbocycles. The largest absolute Gasteiger partial charge is 0.370 e. The van der Waals surface area contributed by atoms with E-state index in [1.54, 1.807) is 23.1 Å². The van der Waals surface area contributed by atoms with Crippen molar-refractivity contribution in [2.45, 2.75) is 33.2 Å². The van der Waals surface area contributed by atoms with Gasteiger partial charge in [0, 0.05) is 17.9 Å². The van der Waals surface area contributed by atoms with Crippen molar-refractivity contribution >= 4 is 52.0 Å². The average molecular weight is 464 g/mol. The Morgan fingerprint density at radius 3 is 2.65 bits per heavy atom. The van der Waals surface area contributed by atoms with Gasteiger partial charge >= 0.3 is 0 Å². The molecular formula is C22H26ClN3O4S. The lowest BCUT2D eigenvalue weighted by atomic mass is 10.0. The van der Waals surface area contributed by atoms with Crippen LogP contribution in [0, 0.1) is 12.8 Å². The third kappa shape index (κ3) is 6.06. The first-order chi connectivity index (χ1) is 14.7. The number of anilines is 2. The van der Waals surface area contributed by atoms with Crippen molar-refractivity contribution in [1.82, 2.24) is 5.32 Å². The molecule has 0 saturated carbocycles. The van der Waals surface area contributed by atoms with Crippen molar-refractivity contribution in [3.63, 3.8) is 0 Å². The number of halogens is 1. The highest BCUT2D eigenvalue weighted by Gasteiger charge is 2.25. The monoisotopic (exact) mass is 463 g/mol. The highest BCUT2D eigenvalue weighted by Crippen LogP contribution is 2.25. The van der Waals surface area contributed by atoms with Gasteiger partial charge in [-0.3, -0.25) is 14.4 Å². The molecule has 3 amide bonds. The molecule has 0 aliphatic carbocycles. The van der Waals surface area contributed by atoms with Crippen LogP contribution < -0.4 is 15.5 Å². The van der Waals surface area contributed by atoms with E-state index in [0.717, 1.165) is 11.3 Å². The highest BCUT2D eigenvalue weighted by molar-refractivity contribution is 7.18. The fourth-order valence-electron chi connectivity index (χ4n) is 3.41. The highest BCUT2D eigenvalue weighted by atomic mass is 35.5. The van der Waals surface area contributed by atoms with Gasteiger partial charge in [0.05, 0.1) is 15.8 Å². The van der Waals surface area contributed by atoms with Crippen molar-refractivity contribution in [3.05, 3.63) is 45.1 Å². The second-order valence-corrected chi connectivity index (χ2v) is 9.56. The van der Waals surface area contributed by atoms with Crippen molar-refractivity contribution in [2.24, 2.45) is 5.92 Å². The van der Waals surface area contributed by atoms with Gasteiger partial charge in [0.2, 0.25) is 5.91 Å². The average Bonchev–Trinajstić information content (AvgIpc) is 3.14. The van der Waals surface area contributed by atoms with Gasteiger partial charge in [-0.05, 0) is 55.2 Å². The molecule has 0 radical (unpaired) electrons. The first-order valence-corrected chi connectivity index (χ1v) is 11.3. The van der Waals surface area contributed by atoms with Crippen molar-refractivity contribution in [3.8, 4) is 0 Å². The molecule has 1 aliphatic heterocycles. The minimum absolute atomic E-state index is 0.0734. The lowest BCUT2D eigenvalue weighted by molar-refractivity contribution is -0.125. The molecular weight excluding hydrogens is 438 g/mol. The SMILES string of the molecule is Cc1cc(NC(=O)[C@H](CC(C)C)NC(=O)c2ccc(Cl)s2)ccc1N1CCOCC1=O. The number of aryl methyl sites for hydroxylation is 1. The molecule has 0 spiro atoms. The molecule has 0 bridgehead atoms. The molecule has 3 rings (SSSR count). The maximum absolute atomic E-state index is 12.9. The van der Waals surface area contributed by atoms with Crippen LogP contribution in [0.5, 0.6) is 0 Å². The van der Waals surface area contributed by atoms with Gasteiger partial charge in [-0.2, -0.15) is 0 Å². The Bertz CT molecular complexity index is 975. The second-order valence-electron chi connectivity index (χ2n) is 7.85. The van der Waals surface area contributed by atoms with E-state index in [1.807, 2.05) is 32.9 Å². The third-order valence-electron chi connectivity index (χ3n) is 4.87. The van der Waals surface area contributed by atoms with Crippen LogP contribution in [0.1, 0.15) is 35.5 Å². The van der Waals surface area contributed by atoms with Crippen LogP contribution in [0.3, 0.4) is 0 Å². The molecule has 2 N–H and O–H groups in total. The summed E-state index contributed by atoms with van der Waals surface area (Å²) in [5.74, 6) is -0.492. The number of carbonyl (C=O) groups is 3. The Balaban J connectivity index is 1.71. The minimum atomic E-state index is -0.686. The van der Waals surface area contributed by atoms with E-state index in [-0.39, 0.29) is 30.2 Å². The molecule has 1 aromatic heterocycles. The fraction of sp³-hybridized carbons (Fsp3) is 0.409. The number of amides is 3. The van der Waals surface area contributed by atoms with Gasteiger partial charge in [0.15, 0.2) is 0 Å². The van der Waals surface area contributed by atoms with E-state index in [0.29, 0.717) is 34.5 Å². The number of thiophene rings is 1. The summed E-state index contributed by atoms with van der Waals surface area (Å²) in [6.45, 7) is 6.95. The summed E-state index contributed by atoms with van der Waals surface area (Å²) in [4.78, 5) is 39.7. The van der Waals surface area contributed by atoms with Gasteiger partial charge in [0.25, 0.3) is 11.8 Å². The maximum Gasteiger partial charge on any atom is 0.262 e. The zero-order chi connectivity index (χ0) is 22.5. The van der Waals surface area contributed by atoms with Crippen LogP contribution in [0.15, 0.2) is 30.3 Å². The predicted octanol–water partition coefficient (Wildman–Crippen LogP) is 3.86. The molecule has 1 saturated heterocycles. The molecule has 31 heavy (non-hydrogen) atoms. The number of morpholine rings is 1. The number of benzene rings is 1. The summed E-state index contributed by atoms with van der Waals surface area (Å²) in [5, 5.41) is 5.70. The molecule has 0 unspecified atom stereocenters. The minimum Gasteiger partial charge on any atom is -0.370 e. The number of nitrogens with zero attached hydrogens (tertiary/aromatic N) is 1. The Morgan fingerprint density at radius 2 is 2.03 bits per heavy atom. The van der Waals surface area contributed by atoms with Crippen molar-refractivity contribution in [1.29, 1.82) is 0 Å². The van der Waals surface area contributed by atoms with Gasteiger partial charge in [0.1, 0.15) is 12.6 Å². The summed E-state index contributed by atoms with van der Waals surface area (Å²) >= 11 is 7.09. The first kappa shape index (κ1) is 23.2. The molecule has 1 aliphatic rings. The van der Waals surface area contributed by atoms with Crippen molar-refractivity contribution in [2.75, 3.05) is 30.0 Å². The summed E-state index contributed by atoms with van der Waals surface area (Å²) < 4.78 is 5.70. The summed E-state index contributed by atoms with van der Waals surface area (Å²) in [7, 11) is 0. The van der Waals surface area contributed by atoms with Gasteiger partial charge in [-0.15, -0.1) is 11.3 Å². The smallest absolute Gasteiger partial charge is 0.262 e. The predicted molar refractivity (Wildman–Crippen MR) is 123 cm³/mol. The molecule has 1 atom stereocenters. The molecule has 2 aromatic rings. The van der Waals surface area contributed by atoms with E-state index < -0.39 is 6.04 Å². The van der Waals surface area contributed by atoms with E-state index in [9.17, 15) is 14.4 Å². The molecule has 7 nitrogen and oxygen atoms in total. The van der Waals surface area contributed by atoms with E-state index in [2.05, 4.69) is 10.6 Å². The summed E-state index contributed by atoms with van der Waals surface area (Å²) in [6.07, 6.45) is 0.496. The number of nitrogens with one attached hydrogen (secondary N) is 2. The second kappa shape index (κ2) is 10.3. The molecule has 166 valence electrons. The zero-order valence-electron chi connectivity index (χ0n) is 17.7. The zero-order valence-corrected chi connectivity index (χ0v) is 19.3. The molecule has 9 heteroatoms. The third-order valence-corrected chi connectivity index (χ3v) is 6.10. The maximum atomic E-state index is 12.9. The number of rotatable bonds is 7. The fourth-order valence-corrected chi connectivity index (χ4v) is 4.35. The Labute approximate surface area is 190 Å². The van der Waals surface area contributed by atoms with Crippen LogP contribution in [0.4, 0.5) is 11.4 Å². The van der Waals surface area contributed by atoms with E-state index in [4.69, 9.17) is 16.3 Å². The van der Waals surface area contributed by atoms with Crippen LogP contribution >= 0.6 is 22.9 Å². The lowest BCUT2D eigenvalue weighted by Crippen LogP contribution is -2.44. The standard InChI is InChI=1S/C22H26ClN3O4S/c1-13(2)10-16(25-22(29)18-6-7-19(23)31-18)21(28)24-15-4-5-17(14(3)11-15)26-8-9-30-12-20(26)27/h4-7,11,13,16H,8-10,12H2,1-3H3,(H,24,28)(H,25,29)/t16-/m0/s1. The lowest BCUT2D eigenvalue weighted by Gasteiger charge is -2.28. The normalized spacial score (nSPS) is 15.1. The van der Waals surface area contributed by atoms with E-state index >= 15 is 0 Å². The Hall–Kier alpha value is -2.42. The Morgan fingerprint density at radius 1 is 1.26 bits per heavy atom. The molecule has 1 fully saturated rings. The van der Waals surface area contributed by atoms with Gasteiger partial charge < -0.3 is 20.3 Å². The number of hydrogen-bond acceptors (Lipinski definition) is 5. The number of ether oxygens (including phenoxy) is 1. The van der Waals surface area contributed by atoms with Crippen molar-refractivity contribution < 1.29 is 19.1 Å². The first-order valence-electron chi connectivity index (χ1n) is 10.1. The van der Waals surface area contributed by atoms with Crippen LogP contribution in [0.25, 0.3) is 0 Å². The number of hydrogen-bond donors (Lipinski definition) is 2. The van der Waals surface area contributed by atoms with E-state index in [1.165, 1.54) is 11.3 Å². The van der Waals surface area contributed by atoms with Crippen LogP contribution in [0.2, 0.25) is 4.34 Å². The topological polar surface area (TPSA) is 87.7 Å². The number of carbonyl (C=O) groups excluding carboxylic acids is 3. The van der Waals surface area contributed by atoms with Crippen LogP contribution in [-0.4, -0.2) is 43.5 Å². The van der Waals surface area contributed by atoms with Gasteiger partial charge in [-0.25, -0.2) is 0 Å². The van der Waals surface area contributed by atoms with Gasteiger partial charge in [-0.1, -0.05) is 25.4 Å². The molecule has 2 heterocycles. The summed E-state index contributed by atoms with van der Waals surface area (Å²) in [5.41, 5.74) is 2.27. The van der Waals surface area contributed by atoms with Crippen LogP contribution in [-0.2, 0) is 14.3 Å². The quantitative estimate of drug-likeness (QED) is 0.652.